The maximum absolute atomic E-state index is 12.5. The average Bonchev–Trinajstić information content (AvgIpc) is 3.20. The van der Waals surface area contributed by atoms with Gasteiger partial charge in [0.2, 0.25) is 11.1 Å². The lowest BCUT2D eigenvalue weighted by molar-refractivity contribution is -0.129. The fourth-order valence-corrected chi connectivity index (χ4v) is 3.31. The van der Waals surface area contributed by atoms with Crippen LogP contribution < -0.4 is 0 Å². The molecule has 1 amide bonds. The summed E-state index contributed by atoms with van der Waals surface area (Å²) in [5.74, 6) is 1.53. The number of aromatic amines is 1. The molecule has 0 aromatic carbocycles. The number of nitrogens with one attached hydrogen (secondary N) is 1. The molecule has 0 saturated heterocycles. The minimum atomic E-state index is 0.0661. The Bertz CT molecular complexity index is 598. The Labute approximate surface area is 144 Å². The maximum atomic E-state index is 12.5. The summed E-state index contributed by atoms with van der Waals surface area (Å²) in [4.78, 5) is 19.8. The Balaban J connectivity index is 1.90. The predicted octanol–water partition coefficient (Wildman–Crippen LogP) is 2.76. The van der Waals surface area contributed by atoms with Crippen molar-refractivity contribution in [1.82, 2.24) is 20.1 Å². The number of H-pyrrole nitrogens is 1. The van der Waals surface area contributed by atoms with E-state index in [-0.39, 0.29) is 5.91 Å². The first kappa shape index (κ1) is 18.0. The van der Waals surface area contributed by atoms with Gasteiger partial charge >= 0.3 is 0 Å². The lowest BCUT2D eigenvalue weighted by Gasteiger charge is -2.21. The first-order valence-electron chi connectivity index (χ1n) is 7.44. The number of carbonyl (C=O) groups excluding carboxylic acids is 1. The van der Waals surface area contributed by atoms with Crippen LogP contribution in [0.4, 0.5) is 0 Å². The number of rotatable bonds is 9. The number of thioether (sulfide) groups is 1. The Kier molecular flexibility index (Phi) is 7.07. The van der Waals surface area contributed by atoms with Crippen LogP contribution >= 0.6 is 23.1 Å². The van der Waals surface area contributed by atoms with Gasteiger partial charge in [-0.25, -0.2) is 4.98 Å². The van der Waals surface area contributed by atoms with Crippen LogP contribution in [0.5, 0.6) is 0 Å². The molecule has 0 radical (unpaired) electrons. The summed E-state index contributed by atoms with van der Waals surface area (Å²) in [5.41, 5.74) is 0. The Morgan fingerprint density at radius 3 is 2.96 bits per heavy atom. The van der Waals surface area contributed by atoms with Crippen LogP contribution in [0.15, 0.2) is 22.7 Å². The fraction of sp³-hybridized carbons (Fsp3) is 0.533. The van der Waals surface area contributed by atoms with Crippen molar-refractivity contribution in [3.63, 3.8) is 0 Å². The molecule has 6 nitrogen and oxygen atoms in total. The van der Waals surface area contributed by atoms with E-state index in [9.17, 15) is 4.79 Å². The zero-order valence-electron chi connectivity index (χ0n) is 13.6. The number of hydrogen-bond acceptors (Lipinski definition) is 6. The quantitative estimate of drug-likeness (QED) is 0.701. The van der Waals surface area contributed by atoms with Gasteiger partial charge in [-0.2, -0.15) is 0 Å². The normalized spacial score (nSPS) is 11.1. The molecular weight excluding hydrogens is 332 g/mol. The molecule has 2 heterocycles. The van der Waals surface area contributed by atoms with E-state index in [2.05, 4.69) is 15.2 Å². The number of thiophene rings is 1. The predicted molar refractivity (Wildman–Crippen MR) is 92.8 cm³/mol. The summed E-state index contributed by atoms with van der Waals surface area (Å²) in [6.07, 6.45) is 0. The molecular formula is C15H22N4O2S2. The molecule has 0 aliphatic heterocycles. The molecule has 2 aromatic heterocycles. The first-order chi connectivity index (χ1) is 11.1. The van der Waals surface area contributed by atoms with Crippen molar-refractivity contribution in [2.24, 2.45) is 0 Å². The van der Waals surface area contributed by atoms with Gasteiger partial charge in [0.1, 0.15) is 5.82 Å². The number of hydrogen-bond donors (Lipinski definition) is 1. The van der Waals surface area contributed by atoms with E-state index in [1.807, 2.05) is 36.3 Å². The van der Waals surface area contributed by atoms with Gasteiger partial charge in [0, 0.05) is 24.4 Å². The minimum Gasteiger partial charge on any atom is -0.383 e. The van der Waals surface area contributed by atoms with Gasteiger partial charge in [0.05, 0.1) is 18.9 Å². The van der Waals surface area contributed by atoms with Gasteiger partial charge in [-0.05, 0) is 11.4 Å². The molecule has 0 aliphatic rings. The lowest BCUT2D eigenvalue weighted by atomic mass is 10.2. The van der Waals surface area contributed by atoms with Crippen LogP contribution in [0.1, 0.15) is 30.5 Å². The van der Waals surface area contributed by atoms with E-state index in [1.54, 1.807) is 18.4 Å². The van der Waals surface area contributed by atoms with Crippen LogP contribution in [0.3, 0.4) is 0 Å². The van der Waals surface area contributed by atoms with Crippen molar-refractivity contribution in [2.75, 3.05) is 26.0 Å². The molecule has 126 valence electrons. The van der Waals surface area contributed by atoms with Crippen molar-refractivity contribution in [3.05, 3.63) is 28.2 Å². The number of amides is 1. The molecule has 8 heteroatoms. The third-order valence-corrected chi connectivity index (χ3v) is 4.89. The van der Waals surface area contributed by atoms with E-state index in [1.165, 1.54) is 16.6 Å². The molecule has 0 spiro atoms. The Morgan fingerprint density at radius 2 is 2.35 bits per heavy atom. The van der Waals surface area contributed by atoms with Gasteiger partial charge in [-0.15, -0.1) is 16.4 Å². The van der Waals surface area contributed by atoms with E-state index < -0.39 is 0 Å². The van der Waals surface area contributed by atoms with Crippen molar-refractivity contribution in [2.45, 2.75) is 31.5 Å². The molecule has 1 N–H and O–H groups in total. The highest BCUT2D eigenvalue weighted by Crippen LogP contribution is 2.18. The van der Waals surface area contributed by atoms with Crippen molar-refractivity contribution < 1.29 is 9.53 Å². The molecule has 23 heavy (non-hydrogen) atoms. The zero-order valence-corrected chi connectivity index (χ0v) is 15.2. The molecule has 0 unspecified atom stereocenters. The summed E-state index contributed by atoms with van der Waals surface area (Å²) in [7, 11) is 1.64. The molecule has 0 saturated carbocycles. The Hall–Kier alpha value is -1.38. The average molecular weight is 355 g/mol. The van der Waals surface area contributed by atoms with E-state index in [0.29, 0.717) is 36.5 Å². The summed E-state index contributed by atoms with van der Waals surface area (Å²) in [6.45, 7) is 5.83. The fourth-order valence-electron chi connectivity index (χ4n) is 1.88. The highest BCUT2D eigenvalue weighted by atomic mass is 32.2. The van der Waals surface area contributed by atoms with Crippen LogP contribution in [-0.4, -0.2) is 52.0 Å². The van der Waals surface area contributed by atoms with Gasteiger partial charge in [-0.3, -0.25) is 9.89 Å². The molecule has 2 rings (SSSR count). The van der Waals surface area contributed by atoms with Gasteiger partial charge in [0.25, 0.3) is 0 Å². The maximum Gasteiger partial charge on any atom is 0.233 e. The highest BCUT2D eigenvalue weighted by molar-refractivity contribution is 7.99. The van der Waals surface area contributed by atoms with Gasteiger partial charge in [0.15, 0.2) is 0 Å². The number of methoxy groups -OCH3 is 1. The first-order valence-corrected chi connectivity index (χ1v) is 9.31. The lowest BCUT2D eigenvalue weighted by Crippen LogP contribution is -2.34. The summed E-state index contributed by atoms with van der Waals surface area (Å²) in [5, 5.41) is 9.68. The summed E-state index contributed by atoms with van der Waals surface area (Å²) < 4.78 is 5.11. The van der Waals surface area contributed by atoms with E-state index >= 15 is 0 Å². The van der Waals surface area contributed by atoms with Crippen molar-refractivity contribution >= 4 is 29.0 Å². The molecule has 0 bridgehead atoms. The second-order valence-corrected chi connectivity index (χ2v) is 7.31. The third kappa shape index (κ3) is 5.63. The number of carbonyl (C=O) groups is 1. The van der Waals surface area contributed by atoms with E-state index in [0.717, 1.165) is 5.82 Å². The Morgan fingerprint density at radius 1 is 1.52 bits per heavy atom. The molecule has 0 aliphatic carbocycles. The number of ether oxygens (including phenoxy) is 1. The second-order valence-electron chi connectivity index (χ2n) is 5.33. The summed E-state index contributed by atoms with van der Waals surface area (Å²) in [6, 6.07) is 4.03. The number of aromatic nitrogens is 3. The summed E-state index contributed by atoms with van der Waals surface area (Å²) >= 11 is 3.01. The smallest absolute Gasteiger partial charge is 0.233 e. The monoisotopic (exact) mass is 354 g/mol. The third-order valence-electron chi connectivity index (χ3n) is 3.20. The van der Waals surface area contributed by atoms with Crippen molar-refractivity contribution in [3.8, 4) is 0 Å². The van der Waals surface area contributed by atoms with Crippen molar-refractivity contribution in [1.29, 1.82) is 0 Å². The standard InChI is InChI=1S/C15H22N4O2S2/c1-11(2)14-16-15(18-17-14)23-10-13(20)19(6-7-21-3)9-12-5-4-8-22-12/h4-5,8,11H,6-7,9-10H2,1-3H3,(H,16,17,18). The minimum absolute atomic E-state index is 0.0661. The van der Waals surface area contributed by atoms with Crippen LogP contribution in [0, 0.1) is 0 Å². The molecule has 0 fully saturated rings. The highest BCUT2D eigenvalue weighted by Gasteiger charge is 2.16. The molecule has 0 atom stereocenters. The topological polar surface area (TPSA) is 71.1 Å². The van der Waals surface area contributed by atoms with E-state index in [4.69, 9.17) is 4.74 Å². The van der Waals surface area contributed by atoms with Crippen LogP contribution in [0.2, 0.25) is 0 Å². The zero-order chi connectivity index (χ0) is 16.7. The largest absolute Gasteiger partial charge is 0.383 e. The van der Waals surface area contributed by atoms with Gasteiger partial charge in [-0.1, -0.05) is 31.7 Å². The van der Waals surface area contributed by atoms with Gasteiger partial charge < -0.3 is 9.64 Å². The van der Waals surface area contributed by atoms with Crippen LogP contribution in [0.25, 0.3) is 0 Å². The second kappa shape index (κ2) is 9.05. The SMILES string of the molecule is COCCN(Cc1cccs1)C(=O)CSc1n[nH]c(C(C)C)n1. The molecule has 2 aromatic rings. The number of nitrogens with zero attached hydrogens (tertiary/aromatic N) is 3. The van der Waals surface area contributed by atoms with Crippen LogP contribution in [-0.2, 0) is 16.1 Å².